The van der Waals surface area contributed by atoms with Gasteiger partial charge in [0.25, 0.3) is 0 Å². The van der Waals surface area contributed by atoms with E-state index in [1.165, 1.54) is 32.1 Å². The van der Waals surface area contributed by atoms with Crippen LogP contribution in [0.5, 0.6) is 0 Å². The molecule has 25 heavy (non-hydrogen) atoms. The van der Waals surface area contributed by atoms with Gasteiger partial charge in [-0.05, 0) is 49.4 Å². The van der Waals surface area contributed by atoms with E-state index < -0.39 is 0 Å². The molecule has 0 N–H and O–H groups in total. The van der Waals surface area contributed by atoms with Crippen molar-refractivity contribution >= 4 is 11.6 Å². The van der Waals surface area contributed by atoms with Crippen molar-refractivity contribution < 1.29 is 9.57 Å². The average Bonchev–Trinajstić information content (AvgIpc) is 3.07. The lowest BCUT2D eigenvalue weighted by Crippen LogP contribution is -2.74. The van der Waals surface area contributed by atoms with Gasteiger partial charge in [0.2, 0.25) is 0 Å². The Bertz CT molecular complexity index is 600. The molecule has 0 amide bonds. The first-order valence-corrected chi connectivity index (χ1v) is 10.9. The SMILES string of the molecule is CC1CCC23CCC[C@]24N(C)O[C@H](C[C@@]2(C)C(CCl)O[C@H]2[C@@H]3C)C14C. The molecule has 5 fully saturated rings. The van der Waals surface area contributed by atoms with Crippen molar-refractivity contribution in [3.05, 3.63) is 0 Å². The van der Waals surface area contributed by atoms with Crippen molar-refractivity contribution in [2.24, 2.45) is 28.1 Å². The van der Waals surface area contributed by atoms with Crippen LogP contribution < -0.4 is 0 Å². The van der Waals surface area contributed by atoms with Gasteiger partial charge in [-0.1, -0.05) is 34.1 Å². The van der Waals surface area contributed by atoms with Gasteiger partial charge in [0.05, 0.1) is 23.9 Å². The van der Waals surface area contributed by atoms with Crippen molar-refractivity contribution in [3.63, 3.8) is 0 Å². The van der Waals surface area contributed by atoms with E-state index in [9.17, 15) is 0 Å². The topological polar surface area (TPSA) is 21.7 Å². The fraction of sp³-hybridized carbons (Fsp3) is 1.00. The van der Waals surface area contributed by atoms with E-state index in [1.807, 2.05) is 0 Å². The van der Waals surface area contributed by atoms with Gasteiger partial charge >= 0.3 is 0 Å². The molecule has 5 rings (SSSR count). The summed E-state index contributed by atoms with van der Waals surface area (Å²) in [5, 5.41) is 2.35. The standard InChI is InChI=1S/C21H34ClNO2/c1-13-7-10-20-8-6-9-21(20)19(13,4)15(25-23(21)5)11-18(3)16(12-22)24-17(18)14(20)2/h13-17H,6-12H2,1-5H3/t13?,14-,15+,16?,17-,18-,19?,20?,21+/m0/s1. The maximum Gasteiger partial charge on any atom is 0.0875 e. The lowest BCUT2D eigenvalue weighted by molar-refractivity contribution is -0.296. The third kappa shape index (κ3) is 1.56. The Kier molecular flexibility index (Phi) is 3.43. The monoisotopic (exact) mass is 367 g/mol. The lowest BCUT2D eigenvalue weighted by atomic mass is 9.40. The van der Waals surface area contributed by atoms with Crippen molar-refractivity contribution in [2.45, 2.75) is 90.1 Å². The molecule has 3 aliphatic carbocycles. The number of fused-ring (bicyclic) bond motifs is 1. The molecule has 4 heteroatoms. The van der Waals surface area contributed by atoms with Crippen molar-refractivity contribution in [3.8, 4) is 0 Å². The molecule has 4 bridgehead atoms. The molecule has 0 aromatic carbocycles. The summed E-state index contributed by atoms with van der Waals surface area (Å²) >= 11 is 6.30. The first-order valence-electron chi connectivity index (χ1n) is 10.4. The number of alkyl halides is 1. The normalized spacial score (nSPS) is 63.4. The van der Waals surface area contributed by atoms with Gasteiger partial charge in [0.15, 0.2) is 0 Å². The summed E-state index contributed by atoms with van der Waals surface area (Å²) in [7, 11) is 2.23. The molecule has 2 aliphatic heterocycles. The minimum absolute atomic E-state index is 0.150. The first kappa shape index (κ1) is 17.3. The minimum Gasteiger partial charge on any atom is -0.372 e. The molecule has 5 aliphatic rings. The van der Waals surface area contributed by atoms with Crippen LogP contribution in [0.4, 0.5) is 0 Å². The van der Waals surface area contributed by atoms with Gasteiger partial charge < -0.3 is 4.74 Å². The molecule has 0 radical (unpaired) electrons. The zero-order chi connectivity index (χ0) is 17.8. The van der Waals surface area contributed by atoms with E-state index in [-0.39, 0.29) is 22.5 Å². The van der Waals surface area contributed by atoms with Gasteiger partial charge in [-0.15, -0.1) is 11.6 Å². The molecule has 142 valence electrons. The number of hydrogen-bond donors (Lipinski definition) is 0. The van der Waals surface area contributed by atoms with Gasteiger partial charge in [-0.25, -0.2) is 0 Å². The quantitative estimate of drug-likeness (QED) is 0.631. The molecule has 2 saturated heterocycles. The number of hydroxylamine groups is 2. The second-order valence-electron chi connectivity index (χ2n) is 10.4. The van der Waals surface area contributed by atoms with Crippen LogP contribution in [-0.2, 0) is 9.57 Å². The lowest BCUT2D eigenvalue weighted by Gasteiger charge is -2.69. The smallest absolute Gasteiger partial charge is 0.0875 e. The van der Waals surface area contributed by atoms with Crippen LogP contribution in [0.25, 0.3) is 0 Å². The Balaban J connectivity index is 1.73. The second kappa shape index (κ2) is 4.96. The number of halogens is 1. The Morgan fingerprint density at radius 2 is 1.92 bits per heavy atom. The van der Waals surface area contributed by atoms with Crippen LogP contribution in [0.3, 0.4) is 0 Å². The highest BCUT2D eigenvalue weighted by molar-refractivity contribution is 6.18. The summed E-state index contributed by atoms with van der Waals surface area (Å²) in [6.45, 7) is 9.97. The first-order chi connectivity index (χ1) is 11.8. The number of ether oxygens (including phenoxy) is 1. The fourth-order valence-corrected chi connectivity index (χ4v) is 9.16. The van der Waals surface area contributed by atoms with Gasteiger partial charge in [0.1, 0.15) is 0 Å². The average molecular weight is 368 g/mol. The molecular formula is C21H34ClNO2. The Hall–Kier alpha value is 0.170. The van der Waals surface area contributed by atoms with Crippen LogP contribution in [0.2, 0.25) is 0 Å². The molecule has 0 aromatic heterocycles. The van der Waals surface area contributed by atoms with Crippen LogP contribution in [0.1, 0.15) is 66.2 Å². The molecule has 3 nitrogen and oxygen atoms in total. The predicted molar refractivity (Wildman–Crippen MR) is 99.4 cm³/mol. The van der Waals surface area contributed by atoms with Crippen LogP contribution in [-0.4, -0.2) is 41.8 Å². The van der Waals surface area contributed by atoms with Crippen LogP contribution >= 0.6 is 11.6 Å². The van der Waals surface area contributed by atoms with E-state index in [1.54, 1.807) is 0 Å². The molecule has 9 atom stereocenters. The van der Waals surface area contributed by atoms with Crippen molar-refractivity contribution in [1.82, 2.24) is 5.06 Å². The summed E-state index contributed by atoms with van der Waals surface area (Å²) in [4.78, 5) is 6.73. The van der Waals surface area contributed by atoms with Crippen LogP contribution in [0, 0.1) is 28.1 Å². The molecule has 1 spiro atoms. The van der Waals surface area contributed by atoms with E-state index in [2.05, 4.69) is 39.8 Å². The summed E-state index contributed by atoms with van der Waals surface area (Å²) in [6, 6.07) is 0. The van der Waals surface area contributed by atoms with Gasteiger partial charge in [-0.2, -0.15) is 5.06 Å². The van der Waals surface area contributed by atoms with Crippen molar-refractivity contribution in [1.29, 1.82) is 0 Å². The second-order valence-corrected chi connectivity index (χ2v) is 10.7. The zero-order valence-corrected chi connectivity index (χ0v) is 17.2. The Morgan fingerprint density at radius 3 is 2.64 bits per heavy atom. The Morgan fingerprint density at radius 1 is 1.16 bits per heavy atom. The molecule has 0 aromatic rings. The Labute approximate surface area is 157 Å². The molecule has 4 unspecified atom stereocenters. The summed E-state index contributed by atoms with van der Waals surface area (Å²) in [6.07, 6.45) is 8.50. The fourth-order valence-electron chi connectivity index (χ4n) is 8.74. The van der Waals surface area contributed by atoms with Gasteiger partial charge in [0, 0.05) is 23.8 Å². The third-order valence-corrected chi connectivity index (χ3v) is 10.5. The summed E-state index contributed by atoms with van der Waals surface area (Å²) in [5.74, 6) is 1.88. The zero-order valence-electron chi connectivity index (χ0n) is 16.5. The van der Waals surface area contributed by atoms with Crippen LogP contribution in [0.15, 0.2) is 0 Å². The minimum atomic E-state index is 0.150. The maximum atomic E-state index is 6.73. The molecular weight excluding hydrogens is 334 g/mol. The number of nitrogens with zero attached hydrogens (tertiary/aromatic N) is 1. The largest absolute Gasteiger partial charge is 0.372 e. The third-order valence-electron chi connectivity index (χ3n) is 10.2. The molecule has 2 heterocycles. The van der Waals surface area contributed by atoms with E-state index in [0.29, 0.717) is 35.3 Å². The summed E-state index contributed by atoms with van der Waals surface area (Å²) in [5.41, 5.74) is 0.877. The highest BCUT2D eigenvalue weighted by Crippen LogP contribution is 2.76. The van der Waals surface area contributed by atoms with Gasteiger partial charge in [-0.3, -0.25) is 4.84 Å². The highest BCUT2D eigenvalue weighted by Gasteiger charge is 2.79. The van der Waals surface area contributed by atoms with E-state index in [4.69, 9.17) is 21.2 Å². The number of hydrogen-bond acceptors (Lipinski definition) is 3. The molecule has 3 saturated carbocycles. The number of rotatable bonds is 1. The van der Waals surface area contributed by atoms with E-state index in [0.717, 1.165) is 6.42 Å². The predicted octanol–water partition coefficient (Wildman–Crippen LogP) is 4.63. The highest BCUT2D eigenvalue weighted by atomic mass is 35.5. The van der Waals surface area contributed by atoms with Crippen molar-refractivity contribution in [2.75, 3.05) is 12.9 Å². The summed E-state index contributed by atoms with van der Waals surface area (Å²) < 4.78 is 6.45. The van der Waals surface area contributed by atoms with E-state index >= 15 is 0 Å². The maximum absolute atomic E-state index is 6.73.